The van der Waals surface area contributed by atoms with Gasteiger partial charge in [-0.3, -0.25) is 9.59 Å². The van der Waals surface area contributed by atoms with Crippen LogP contribution in [0.25, 0.3) is 0 Å². The van der Waals surface area contributed by atoms with Gasteiger partial charge in [0, 0.05) is 5.56 Å². The Bertz CT molecular complexity index is 522. The van der Waals surface area contributed by atoms with Crippen LogP contribution in [0.3, 0.4) is 0 Å². The van der Waals surface area contributed by atoms with E-state index in [1.807, 2.05) is 6.92 Å². The summed E-state index contributed by atoms with van der Waals surface area (Å²) >= 11 is 0. The van der Waals surface area contributed by atoms with Crippen molar-refractivity contribution in [1.82, 2.24) is 0 Å². The fourth-order valence-corrected chi connectivity index (χ4v) is 2.43. The fraction of sp³-hybridized carbons (Fsp3) is 0.467. The molecule has 0 amide bonds. The Kier molecular flexibility index (Phi) is 3.43. The van der Waals surface area contributed by atoms with Crippen molar-refractivity contribution >= 4 is 11.8 Å². The molecule has 0 spiro atoms. The second-order valence-corrected chi connectivity index (χ2v) is 5.35. The van der Waals surface area contributed by atoms with Gasteiger partial charge in [0.05, 0.1) is 5.92 Å². The molecule has 0 aromatic heterocycles. The minimum atomic E-state index is -1.15. The predicted molar refractivity (Wildman–Crippen MR) is 67.8 cm³/mol. The summed E-state index contributed by atoms with van der Waals surface area (Å²) < 4.78 is 19.2. The normalized spacial score (nSPS) is 26.1. The van der Waals surface area contributed by atoms with Crippen molar-refractivity contribution in [3.8, 4) is 0 Å². The average Bonchev–Trinajstić information content (AvgIpc) is 2.37. The lowest BCUT2D eigenvalue weighted by molar-refractivity contribution is -0.179. The van der Waals surface area contributed by atoms with E-state index in [2.05, 4.69) is 0 Å². The second-order valence-electron chi connectivity index (χ2n) is 5.35. The van der Waals surface area contributed by atoms with Gasteiger partial charge in [0.15, 0.2) is 5.78 Å². The van der Waals surface area contributed by atoms with Crippen LogP contribution in [-0.4, -0.2) is 11.8 Å². The van der Waals surface area contributed by atoms with E-state index in [1.165, 1.54) is 6.07 Å². The number of hydrogen-bond donors (Lipinski definition) is 0. The molecule has 1 fully saturated rings. The number of cyclic esters (lactones) is 1. The van der Waals surface area contributed by atoms with Crippen LogP contribution < -0.4 is 0 Å². The minimum absolute atomic E-state index is 0.181. The summed E-state index contributed by atoms with van der Waals surface area (Å²) in [6, 6.07) is 6.10. The first-order valence-electron chi connectivity index (χ1n) is 6.39. The first-order valence-corrected chi connectivity index (χ1v) is 6.39. The third kappa shape index (κ3) is 2.15. The van der Waals surface area contributed by atoms with Gasteiger partial charge in [-0.15, -0.1) is 0 Å². The van der Waals surface area contributed by atoms with Gasteiger partial charge in [-0.25, -0.2) is 4.39 Å². The van der Waals surface area contributed by atoms with Crippen LogP contribution in [0.15, 0.2) is 24.3 Å². The van der Waals surface area contributed by atoms with Crippen molar-refractivity contribution in [2.24, 2.45) is 11.3 Å². The summed E-state index contributed by atoms with van der Waals surface area (Å²) in [4.78, 5) is 24.3. The van der Waals surface area contributed by atoms with Crippen molar-refractivity contribution in [1.29, 1.82) is 0 Å². The largest absolute Gasteiger partial charge is 0.456 e. The van der Waals surface area contributed by atoms with Crippen molar-refractivity contribution < 1.29 is 18.7 Å². The lowest BCUT2D eigenvalue weighted by Gasteiger charge is -2.37. The summed E-state index contributed by atoms with van der Waals surface area (Å²) in [6.07, 6.45) is -0.312. The zero-order valence-corrected chi connectivity index (χ0v) is 11.3. The van der Waals surface area contributed by atoms with Crippen molar-refractivity contribution in [2.75, 3.05) is 0 Å². The molecule has 3 nitrogen and oxygen atoms in total. The molecule has 1 heterocycles. The Morgan fingerprint density at radius 1 is 1.26 bits per heavy atom. The number of halogens is 1. The van der Waals surface area contributed by atoms with E-state index in [4.69, 9.17) is 4.74 Å². The monoisotopic (exact) mass is 264 g/mol. The highest BCUT2D eigenvalue weighted by molar-refractivity contribution is 6.06. The molecule has 2 rings (SSSR count). The van der Waals surface area contributed by atoms with Crippen LogP contribution in [0.4, 0.5) is 4.39 Å². The van der Waals surface area contributed by atoms with Gasteiger partial charge in [-0.2, -0.15) is 0 Å². The zero-order valence-electron chi connectivity index (χ0n) is 11.3. The third-order valence-electron chi connectivity index (χ3n) is 3.71. The van der Waals surface area contributed by atoms with E-state index in [1.54, 1.807) is 32.0 Å². The molecule has 0 N–H and O–H groups in total. The molecular weight excluding hydrogens is 247 g/mol. The number of carbonyl (C=O) groups excluding carboxylic acids is 2. The van der Waals surface area contributed by atoms with Crippen LogP contribution in [0.1, 0.15) is 38.9 Å². The Hall–Kier alpha value is -1.71. The van der Waals surface area contributed by atoms with E-state index < -0.39 is 29.2 Å². The Labute approximate surface area is 111 Å². The van der Waals surface area contributed by atoms with Gasteiger partial charge in [-0.1, -0.05) is 25.1 Å². The number of Topliss-reactive ketones (excluding diaryl/α,β-unsaturated/α-hetero) is 1. The van der Waals surface area contributed by atoms with Gasteiger partial charge in [0.25, 0.3) is 0 Å². The SMILES string of the molecule is CC[C@H]1C(=O)C(C)(C)C(=O)O[C@H]1c1ccccc1F. The maximum absolute atomic E-state index is 13.8. The van der Waals surface area contributed by atoms with Gasteiger partial charge >= 0.3 is 5.97 Å². The van der Waals surface area contributed by atoms with Gasteiger partial charge in [0.1, 0.15) is 17.3 Å². The standard InChI is InChI=1S/C15H17FO3/c1-4-9-12(10-7-5-6-8-11(10)16)19-14(18)15(2,3)13(9)17/h5-9,12H,4H2,1-3H3/t9-,12-/m1/s1. The lowest BCUT2D eigenvalue weighted by atomic mass is 9.74. The Morgan fingerprint density at radius 3 is 2.47 bits per heavy atom. The van der Waals surface area contributed by atoms with Crippen LogP contribution in [0.5, 0.6) is 0 Å². The Morgan fingerprint density at radius 2 is 1.89 bits per heavy atom. The highest BCUT2D eigenvalue weighted by atomic mass is 19.1. The maximum atomic E-state index is 13.8. The van der Waals surface area contributed by atoms with Gasteiger partial charge in [0.2, 0.25) is 0 Å². The number of benzene rings is 1. The van der Waals surface area contributed by atoms with Gasteiger partial charge in [-0.05, 0) is 26.3 Å². The van der Waals surface area contributed by atoms with E-state index in [0.29, 0.717) is 6.42 Å². The number of carbonyl (C=O) groups is 2. The first-order chi connectivity index (χ1) is 8.89. The Balaban J connectivity index is 2.44. The summed E-state index contributed by atoms with van der Waals surface area (Å²) in [5, 5.41) is 0. The predicted octanol–water partition coefficient (Wildman–Crippen LogP) is 3.05. The van der Waals surface area contributed by atoms with Crippen molar-refractivity contribution in [3.05, 3.63) is 35.6 Å². The summed E-state index contributed by atoms with van der Waals surface area (Å²) in [6.45, 7) is 4.95. The molecule has 102 valence electrons. The number of hydrogen-bond acceptors (Lipinski definition) is 3. The first kappa shape index (κ1) is 13.7. The van der Waals surface area contributed by atoms with Gasteiger partial charge < -0.3 is 4.74 Å². The summed E-state index contributed by atoms with van der Waals surface area (Å²) in [7, 11) is 0. The highest BCUT2D eigenvalue weighted by Gasteiger charge is 2.50. The van der Waals surface area contributed by atoms with E-state index in [0.717, 1.165) is 0 Å². The summed E-state index contributed by atoms with van der Waals surface area (Å²) in [5.74, 6) is -1.72. The molecule has 1 aromatic carbocycles. The molecule has 1 aliphatic rings. The number of esters is 1. The molecule has 0 bridgehead atoms. The lowest BCUT2D eigenvalue weighted by Crippen LogP contribution is -2.47. The zero-order chi connectivity index (χ0) is 14.2. The molecule has 0 unspecified atom stereocenters. The average molecular weight is 264 g/mol. The molecule has 0 aliphatic carbocycles. The molecule has 1 aromatic rings. The molecule has 4 heteroatoms. The quantitative estimate of drug-likeness (QED) is 0.609. The van der Waals surface area contributed by atoms with Crippen LogP contribution in [-0.2, 0) is 14.3 Å². The van der Waals surface area contributed by atoms with E-state index >= 15 is 0 Å². The molecule has 19 heavy (non-hydrogen) atoms. The van der Waals surface area contributed by atoms with E-state index in [9.17, 15) is 14.0 Å². The van der Waals surface area contributed by atoms with Crippen LogP contribution in [0, 0.1) is 17.2 Å². The van der Waals surface area contributed by atoms with Crippen molar-refractivity contribution in [2.45, 2.75) is 33.3 Å². The molecule has 1 aliphatic heterocycles. The van der Waals surface area contributed by atoms with Crippen LogP contribution in [0.2, 0.25) is 0 Å². The third-order valence-corrected chi connectivity index (χ3v) is 3.71. The van der Waals surface area contributed by atoms with Crippen LogP contribution >= 0.6 is 0 Å². The molecule has 0 saturated carbocycles. The minimum Gasteiger partial charge on any atom is -0.456 e. The second kappa shape index (κ2) is 4.76. The highest BCUT2D eigenvalue weighted by Crippen LogP contribution is 2.41. The molecule has 0 radical (unpaired) electrons. The maximum Gasteiger partial charge on any atom is 0.319 e. The molecular formula is C15H17FO3. The topological polar surface area (TPSA) is 43.4 Å². The molecule has 1 saturated heterocycles. The molecule has 2 atom stereocenters. The fourth-order valence-electron chi connectivity index (χ4n) is 2.43. The van der Waals surface area contributed by atoms with E-state index in [-0.39, 0.29) is 11.3 Å². The summed E-state index contributed by atoms with van der Waals surface area (Å²) in [5.41, 5.74) is -0.880. The number of ketones is 1. The number of rotatable bonds is 2. The smallest absolute Gasteiger partial charge is 0.319 e. The van der Waals surface area contributed by atoms with Crippen molar-refractivity contribution in [3.63, 3.8) is 0 Å². The number of ether oxygens (including phenoxy) is 1.